The number of hydrogen-bond acceptors (Lipinski definition) is 3. The number of rotatable bonds is 7. The number of aliphatic carboxylic acids is 1. The molecular formula is C16H22N2O4. The Morgan fingerprint density at radius 3 is 2.23 bits per heavy atom. The molecule has 2 amide bonds. The van der Waals surface area contributed by atoms with E-state index in [1.54, 1.807) is 38.1 Å². The molecule has 22 heavy (non-hydrogen) atoms. The summed E-state index contributed by atoms with van der Waals surface area (Å²) >= 11 is 0. The summed E-state index contributed by atoms with van der Waals surface area (Å²) < 4.78 is 0. The first-order valence-electron chi connectivity index (χ1n) is 7.07. The van der Waals surface area contributed by atoms with Gasteiger partial charge in [-0.3, -0.25) is 14.4 Å². The average molecular weight is 306 g/mol. The van der Waals surface area contributed by atoms with E-state index in [0.717, 1.165) is 5.56 Å². The third-order valence-corrected chi connectivity index (χ3v) is 3.17. The number of carbonyl (C=O) groups is 3. The van der Waals surface area contributed by atoms with Crippen molar-refractivity contribution in [2.75, 3.05) is 0 Å². The van der Waals surface area contributed by atoms with Gasteiger partial charge in [0.2, 0.25) is 5.91 Å². The van der Waals surface area contributed by atoms with Crippen LogP contribution in [-0.2, 0) is 16.1 Å². The molecule has 0 saturated carbocycles. The van der Waals surface area contributed by atoms with Crippen molar-refractivity contribution in [2.24, 2.45) is 0 Å². The summed E-state index contributed by atoms with van der Waals surface area (Å²) in [6.07, 6.45) is 0.359. The molecule has 0 aromatic heterocycles. The molecule has 3 N–H and O–H groups in total. The third-order valence-electron chi connectivity index (χ3n) is 3.17. The summed E-state index contributed by atoms with van der Waals surface area (Å²) in [5.74, 6) is -1.24. The van der Waals surface area contributed by atoms with Crippen molar-refractivity contribution in [3.05, 3.63) is 35.4 Å². The fourth-order valence-corrected chi connectivity index (χ4v) is 1.86. The molecular weight excluding hydrogens is 284 g/mol. The fraction of sp³-hybridized carbons (Fsp3) is 0.438. The zero-order chi connectivity index (χ0) is 16.8. The molecule has 0 heterocycles. The molecule has 0 aliphatic carbocycles. The molecule has 0 aliphatic heterocycles. The first-order chi connectivity index (χ1) is 10.2. The molecule has 1 rings (SSSR count). The van der Waals surface area contributed by atoms with Gasteiger partial charge in [0.05, 0.1) is 0 Å². The second-order valence-corrected chi connectivity index (χ2v) is 5.84. The van der Waals surface area contributed by atoms with Crippen molar-refractivity contribution >= 4 is 17.8 Å². The maximum atomic E-state index is 12.2. The Morgan fingerprint density at radius 1 is 1.14 bits per heavy atom. The number of carbonyl (C=O) groups excluding carboxylic acids is 2. The van der Waals surface area contributed by atoms with Gasteiger partial charge >= 0.3 is 5.97 Å². The summed E-state index contributed by atoms with van der Waals surface area (Å²) in [6, 6.07) is 6.91. The quantitative estimate of drug-likeness (QED) is 0.714. The molecule has 6 heteroatoms. The molecule has 0 fully saturated rings. The topological polar surface area (TPSA) is 95.5 Å². The van der Waals surface area contributed by atoms with Gasteiger partial charge in [-0.1, -0.05) is 12.1 Å². The summed E-state index contributed by atoms with van der Waals surface area (Å²) in [5.41, 5.74) is 0.802. The Labute approximate surface area is 129 Å². The molecule has 0 atom stereocenters. The fourth-order valence-electron chi connectivity index (χ4n) is 1.86. The van der Waals surface area contributed by atoms with Crippen molar-refractivity contribution in [1.82, 2.24) is 10.6 Å². The van der Waals surface area contributed by atoms with Crippen LogP contribution >= 0.6 is 0 Å². The summed E-state index contributed by atoms with van der Waals surface area (Å²) in [7, 11) is 0. The molecule has 6 nitrogen and oxygen atoms in total. The minimum atomic E-state index is -0.885. The van der Waals surface area contributed by atoms with E-state index in [0.29, 0.717) is 18.5 Å². The molecule has 0 radical (unpaired) electrons. The van der Waals surface area contributed by atoms with Gasteiger partial charge < -0.3 is 15.7 Å². The SMILES string of the molecule is CC(=O)NCc1ccc(C(=O)NC(C)(C)CCC(=O)O)cc1. The number of benzene rings is 1. The van der Waals surface area contributed by atoms with Gasteiger partial charge in [-0.25, -0.2) is 0 Å². The van der Waals surface area contributed by atoms with Crippen LogP contribution in [0.5, 0.6) is 0 Å². The van der Waals surface area contributed by atoms with Gasteiger partial charge in [-0.2, -0.15) is 0 Å². The molecule has 0 saturated heterocycles. The van der Waals surface area contributed by atoms with Crippen molar-refractivity contribution in [3.8, 4) is 0 Å². The first kappa shape index (κ1) is 17.7. The van der Waals surface area contributed by atoms with Gasteiger partial charge in [0.1, 0.15) is 0 Å². The van der Waals surface area contributed by atoms with Gasteiger partial charge in [0.25, 0.3) is 5.91 Å². The van der Waals surface area contributed by atoms with Crippen LogP contribution in [-0.4, -0.2) is 28.4 Å². The lowest BCUT2D eigenvalue weighted by Crippen LogP contribution is -2.43. The normalized spacial score (nSPS) is 10.9. The highest BCUT2D eigenvalue weighted by molar-refractivity contribution is 5.94. The van der Waals surface area contributed by atoms with Crippen LogP contribution in [0.1, 0.15) is 49.5 Å². The smallest absolute Gasteiger partial charge is 0.303 e. The van der Waals surface area contributed by atoms with E-state index in [9.17, 15) is 14.4 Å². The molecule has 0 aliphatic rings. The average Bonchev–Trinajstić information content (AvgIpc) is 2.43. The van der Waals surface area contributed by atoms with Crippen molar-refractivity contribution in [2.45, 2.75) is 45.7 Å². The summed E-state index contributed by atoms with van der Waals surface area (Å²) in [6.45, 7) is 5.44. The highest BCUT2D eigenvalue weighted by Crippen LogP contribution is 2.13. The van der Waals surface area contributed by atoms with Crippen LogP contribution in [0.2, 0.25) is 0 Å². The Kier molecular flexibility index (Phi) is 6.10. The predicted molar refractivity (Wildman–Crippen MR) is 82.4 cm³/mol. The van der Waals surface area contributed by atoms with Crippen LogP contribution in [0.3, 0.4) is 0 Å². The standard InChI is InChI=1S/C16H22N2O4/c1-11(19)17-10-12-4-6-13(7-5-12)15(22)18-16(2,3)9-8-14(20)21/h4-7H,8-10H2,1-3H3,(H,17,19)(H,18,22)(H,20,21). The van der Waals surface area contributed by atoms with Gasteiger partial charge in [0, 0.05) is 31.0 Å². The van der Waals surface area contributed by atoms with E-state index in [4.69, 9.17) is 5.11 Å². The molecule has 0 bridgehead atoms. The van der Waals surface area contributed by atoms with E-state index in [1.807, 2.05) is 0 Å². The molecule has 1 aromatic carbocycles. The van der Waals surface area contributed by atoms with Crippen LogP contribution in [0.4, 0.5) is 0 Å². The van der Waals surface area contributed by atoms with E-state index >= 15 is 0 Å². The monoisotopic (exact) mass is 306 g/mol. The first-order valence-corrected chi connectivity index (χ1v) is 7.07. The zero-order valence-corrected chi connectivity index (χ0v) is 13.1. The Hall–Kier alpha value is -2.37. The van der Waals surface area contributed by atoms with Gasteiger partial charge in [0.15, 0.2) is 0 Å². The summed E-state index contributed by atoms with van der Waals surface area (Å²) in [4.78, 5) is 33.6. The molecule has 0 spiro atoms. The maximum absolute atomic E-state index is 12.2. The van der Waals surface area contributed by atoms with E-state index < -0.39 is 11.5 Å². The number of amides is 2. The second-order valence-electron chi connectivity index (χ2n) is 5.84. The molecule has 120 valence electrons. The number of carboxylic acids is 1. The highest BCUT2D eigenvalue weighted by atomic mass is 16.4. The van der Waals surface area contributed by atoms with Crippen molar-refractivity contribution in [1.29, 1.82) is 0 Å². The van der Waals surface area contributed by atoms with E-state index in [2.05, 4.69) is 10.6 Å². The molecule has 1 aromatic rings. The second kappa shape index (κ2) is 7.59. The Morgan fingerprint density at radius 2 is 1.73 bits per heavy atom. The number of nitrogens with one attached hydrogen (secondary N) is 2. The lowest BCUT2D eigenvalue weighted by Gasteiger charge is -2.25. The van der Waals surface area contributed by atoms with Crippen molar-refractivity contribution < 1.29 is 19.5 Å². The molecule has 0 unspecified atom stereocenters. The lowest BCUT2D eigenvalue weighted by molar-refractivity contribution is -0.137. The minimum absolute atomic E-state index is 0.00291. The van der Waals surface area contributed by atoms with Crippen LogP contribution in [0.25, 0.3) is 0 Å². The van der Waals surface area contributed by atoms with Gasteiger partial charge in [-0.15, -0.1) is 0 Å². The predicted octanol–water partition coefficient (Wildman–Crippen LogP) is 1.70. The van der Waals surface area contributed by atoms with E-state index in [1.165, 1.54) is 6.92 Å². The van der Waals surface area contributed by atoms with Gasteiger partial charge in [-0.05, 0) is 38.0 Å². The number of carboxylic acid groups (broad SMARTS) is 1. The van der Waals surface area contributed by atoms with Crippen LogP contribution in [0, 0.1) is 0 Å². The number of hydrogen-bond donors (Lipinski definition) is 3. The summed E-state index contributed by atoms with van der Waals surface area (Å²) in [5, 5.41) is 14.2. The van der Waals surface area contributed by atoms with Crippen molar-refractivity contribution in [3.63, 3.8) is 0 Å². The van der Waals surface area contributed by atoms with Crippen LogP contribution < -0.4 is 10.6 Å². The Bertz CT molecular complexity index is 550. The van der Waals surface area contributed by atoms with Crippen LogP contribution in [0.15, 0.2) is 24.3 Å². The largest absolute Gasteiger partial charge is 0.481 e. The maximum Gasteiger partial charge on any atom is 0.303 e. The van der Waals surface area contributed by atoms with E-state index in [-0.39, 0.29) is 18.2 Å². The third kappa shape index (κ3) is 6.39. The highest BCUT2D eigenvalue weighted by Gasteiger charge is 2.22. The zero-order valence-electron chi connectivity index (χ0n) is 13.1. The lowest BCUT2D eigenvalue weighted by atomic mass is 9.97. The Balaban J connectivity index is 2.61. The minimum Gasteiger partial charge on any atom is -0.481 e.